The van der Waals surface area contributed by atoms with Crippen molar-refractivity contribution in [2.24, 2.45) is 0 Å². The van der Waals surface area contributed by atoms with Crippen LogP contribution in [0.2, 0.25) is 5.02 Å². The van der Waals surface area contributed by atoms with Gasteiger partial charge in [0.1, 0.15) is 5.82 Å². The fourth-order valence-corrected chi connectivity index (χ4v) is 1.56. The van der Waals surface area contributed by atoms with Crippen LogP contribution >= 0.6 is 11.6 Å². The van der Waals surface area contributed by atoms with E-state index in [-0.39, 0.29) is 5.69 Å². The molecule has 0 amide bonds. The molecule has 1 heterocycles. The quantitative estimate of drug-likeness (QED) is 0.645. The summed E-state index contributed by atoms with van der Waals surface area (Å²) in [7, 11) is 0. The predicted octanol–water partition coefficient (Wildman–Crippen LogP) is 2.95. The van der Waals surface area contributed by atoms with E-state index in [0.29, 0.717) is 16.4 Å². The van der Waals surface area contributed by atoms with Crippen LogP contribution in [0.5, 0.6) is 0 Å². The minimum absolute atomic E-state index is 0.00606. The van der Waals surface area contributed by atoms with Crippen LogP contribution in [0.3, 0.4) is 0 Å². The number of benzene rings is 1. The predicted molar refractivity (Wildman–Crippen MR) is 60.4 cm³/mol. The summed E-state index contributed by atoms with van der Waals surface area (Å²) in [5.74, 6) is 0.534. The summed E-state index contributed by atoms with van der Waals surface area (Å²) >= 11 is 5.96. The van der Waals surface area contributed by atoms with Gasteiger partial charge in [-0.2, -0.15) is 0 Å². The van der Waals surface area contributed by atoms with Crippen molar-refractivity contribution in [3.05, 3.63) is 45.2 Å². The van der Waals surface area contributed by atoms with E-state index >= 15 is 0 Å². The van der Waals surface area contributed by atoms with Crippen molar-refractivity contribution in [2.45, 2.75) is 6.92 Å². The van der Waals surface area contributed by atoms with Crippen molar-refractivity contribution >= 4 is 17.3 Å². The summed E-state index contributed by atoms with van der Waals surface area (Å²) in [6, 6.07) is 4.26. The summed E-state index contributed by atoms with van der Waals surface area (Å²) in [4.78, 5) is 17.2. The van der Waals surface area contributed by atoms with Crippen molar-refractivity contribution in [1.29, 1.82) is 0 Å². The molecular formula is C10H8ClN3O2. The van der Waals surface area contributed by atoms with Gasteiger partial charge in [0.05, 0.1) is 9.95 Å². The highest BCUT2D eigenvalue weighted by Crippen LogP contribution is 2.29. The lowest BCUT2D eigenvalue weighted by Gasteiger charge is -2.00. The van der Waals surface area contributed by atoms with Gasteiger partial charge < -0.3 is 4.98 Å². The average Bonchev–Trinajstić information content (AvgIpc) is 2.65. The van der Waals surface area contributed by atoms with Crippen molar-refractivity contribution in [3.8, 4) is 11.4 Å². The van der Waals surface area contributed by atoms with Gasteiger partial charge in [-0.15, -0.1) is 0 Å². The Kier molecular flexibility index (Phi) is 2.62. The lowest BCUT2D eigenvalue weighted by atomic mass is 10.2. The molecule has 0 saturated carbocycles. The molecule has 0 radical (unpaired) electrons. The summed E-state index contributed by atoms with van der Waals surface area (Å²) in [6.07, 6.45) is 1.64. The Morgan fingerprint density at radius 2 is 2.25 bits per heavy atom. The maximum Gasteiger partial charge on any atom is 0.270 e. The highest BCUT2D eigenvalue weighted by Gasteiger charge is 2.12. The molecule has 0 aliphatic heterocycles. The van der Waals surface area contributed by atoms with E-state index in [1.165, 1.54) is 18.2 Å². The van der Waals surface area contributed by atoms with E-state index in [0.717, 1.165) is 5.69 Å². The Balaban J connectivity index is 2.55. The van der Waals surface area contributed by atoms with Crippen molar-refractivity contribution in [1.82, 2.24) is 9.97 Å². The third kappa shape index (κ3) is 1.90. The zero-order chi connectivity index (χ0) is 11.7. The maximum absolute atomic E-state index is 10.6. The molecule has 0 unspecified atom stereocenters. The molecule has 0 atom stereocenters. The smallest absolute Gasteiger partial charge is 0.270 e. The lowest BCUT2D eigenvalue weighted by molar-refractivity contribution is -0.384. The standard InChI is InChI=1S/C10H8ClN3O2/c1-6-5-12-10(13-6)8-4-7(14(15)16)2-3-9(8)11/h2-5H,1H3,(H,12,13). The first-order chi connectivity index (χ1) is 7.58. The summed E-state index contributed by atoms with van der Waals surface area (Å²) in [5.41, 5.74) is 1.40. The van der Waals surface area contributed by atoms with Gasteiger partial charge in [0, 0.05) is 29.6 Å². The third-order valence-electron chi connectivity index (χ3n) is 2.12. The van der Waals surface area contributed by atoms with E-state index in [9.17, 15) is 10.1 Å². The van der Waals surface area contributed by atoms with Gasteiger partial charge in [0.25, 0.3) is 5.69 Å². The number of nitrogens with zero attached hydrogens (tertiary/aromatic N) is 2. The molecule has 16 heavy (non-hydrogen) atoms. The molecule has 2 rings (SSSR count). The van der Waals surface area contributed by atoms with Crippen LogP contribution in [0.1, 0.15) is 5.69 Å². The van der Waals surface area contributed by atoms with E-state index in [1.807, 2.05) is 6.92 Å². The minimum atomic E-state index is -0.463. The van der Waals surface area contributed by atoms with Crippen LogP contribution in [0.25, 0.3) is 11.4 Å². The number of nitro groups is 1. The Labute approximate surface area is 96.2 Å². The molecule has 1 aromatic heterocycles. The number of imidazole rings is 1. The number of hydrogen-bond donors (Lipinski definition) is 1. The number of nitro benzene ring substituents is 1. The molecule has 0 spiro atoms. The number of rotatable bonds is 2. The third-order valence-corrected chi connectivity index (χ3v) is 2.45. The first kappa shape index (κ1) is 10.6. The zero-order valence-corrected chi connectivity index (χ0v) is 9.15. The molecule has 6 heteroatoms. The van der Waals surface area contributed by atoms with Crippen molar-refractivity contribution < 1.29 is 4.92 Å². The summed E-state index contributed by atoms with van der Waals surface area (Å²) in [6.45, 7) is 1.85. The van der Waals surface area contributed by atoms with Crippen molar-refractivity contribution in [2.75, 3.05) is 0 Å². The first-order valence-corrected chi connectivity index (χ1v) is 4.91. The normalized spacial score (nSPS) is 10.4. The molecular weight excluding hydrogens is 230 g/mol. The van der Waals surface area contributed by atoms with Crippen molar-refractivity contribution in [3.63, 3.8) is 0 Å². The van der Waals surface area contributed by atoms with Crippen LogP contribution in [0, 0.1) is 17.0 Å². The van der Waals surface area contributed by atoms with Gasteiger partial charge in [0.2, 0.25) is 0 Å². The van der Waals surface area contributed by atoms with Gasteiger partial charge in [-0.3, -0.25) is 10.1 Å². The van der Waals surface area contributed by atoms with Gasteiger partial charge in [-0.25, -0.2) is 4.98 Å². The molecule has 0 aliphatic rings. The second-order valence-corrected chi connectivity index (χ2v) is 3.74. The molecule has 1 N–H and O–H groups in total. The van der Waals surface area contributed by atoms with E-state index in [2.05, 4.69) is 9.97 Å². The van der Waals surface area contributed by atoms with Crippen LogP contribution < -0.4 is 0 Å². The number of aryl methyl sites for hydroxylation is 1. The van der Waals surface area contributed by atoms with Gasteiger partial charge in [0.15, 0.2) is 0 Å². The van der Waals surface area contributed by atoms with Crippen LogP contribution in [-0.2, 0) is 0 Å². The number of hydrogen-bond acceptors (Lipinski definition) is 3. The number of H-pyrrole nitrogens is 1. The number of aromatic amines is 1. The molecule has 0 aliphatic carbocycles. The largest absolute Gasteiger partial charge is 0.342 e. The highest BCUT2D eigenvalue weighted by atomic mass is 35.5. The average molecular weight is 238 g/mol. The van der Waals surface area contributed by atoms with Gasteiger partial charge >= 0.3 is 0 Å². The Bertz CT molecular complexity index is 551. The monoisotopic (exact) mass is 237 g/mol. The minimum Gasteiger partial charge on any atom is -0.342 e. The molecule has 0 bridgehead atoms. The van der Waals surface area contributed by atoms with E-state index < -0.39 is 4.92 Å². The molecule has 0 saturated heterocycles. The molecule has 0 fully saturated rings. The maximum atomic E-state index is 10.6. The number of halogens is 1. The Morgan fingerprint density at radius 3 is 2.81 bits per heavy atom. The van der Waals surface area contributed by atoms with Gasteiger partial charge in [-0.05, 0) is 13.0 Å². The van der Waals surface area contributed by atoms with E-state index in [4.69, 9.17) is 11.6 Å². The number of aromatic nitrogens is 2. The summed E-state index contributed by atoms with van der Waals surface area (Å²) < 4.78 is 0. The first-order valence-electron chi connectivity index (χ1n) is 4.54. The molecule has 2 aromatic rings. The van der Waals surface area contributed by atoms with Crippen LogP contribution in [0.4, 0.5) is 5.69 Å². The fourth-order valence-electron chi connectivity index (χ4n) is 1.36. The van der Waals surface area contributed by atoms with Gasteiger partial charge in [-0.1, -0.05) is 11.6 Å². The lowest BCUT2D eigenvalue weighted by Crippen LogP contribution is -1.90. The second-order valence-electron chi connectivity index (χ2n) is 3.34. The van der Waals surface area contributed by atoms with E-state index in [1.54, 1.807) is 6.20 Å². The Morgan fingerprint density at radius 1 is 1.50 bits per heavy atom. The van der Waals surface area contributed by atoms with Crippen LogP contribution in [0.15, 0.2) is 24.4 Å². The Hall–Kier alpha value is -1.88. The molecule has 82 valence electrons. The number of non-ortho nitro benzene ring substituents is 1. The topological polar surface area (TPSA) is 71.8 Å². The highest BCUT2D eigenvalue weighted by molar-refractivity contribution is 6.33. The zero-order valence-electron chi connectivity index (χ0n) is 8.40. The molecule has 1 aromatic carbocycles. The van der Waals surface area contributed by atoms with Crippen LogP contribution in [-0.4, -0.2) is 14.9 Å². The fraction of sp³-hybridized carbons (Fsp3) is 0.100. The molecule has 5 nitrogen and oxygen atoms in total. The summed E-state index contributed by atoms with van der Waals surface area (Å²) in [5, 5.41) is 11.1. The second kappa shape index (κ2) is 3.94. The SMILES string of the molecule is Cc1cnc(-c2cc([N+](=O)[O-])ccc2Cl)[nH]1. The number of nitrogens with one attached hydrogen (secondary N) is 1.